The Morgan fingerprint density at radius 3 is 2.11 bits per heavy atom. The topological polar surface area (TPSA) is 27.7 Å². The van der Waals surface area contributed by atoms with Crippen molar-refractivity contribution < 1.29 is 14.2 Å². The molecule has 0 bridgehead atoms. The van der Waals surface area contributed by atoms with Crippen molar-refractivity contribution in [3.8, 4) is 0 Å². The van der Waals surface area contributed by atoms with Gasteiger partial charge in [0.2, 0.25) is 0 Å². The van der Waals surface area contributed by atoms with Gasteiger partial charge in [-0.15, -0.1) is 0 Å². The maximum atomic E-state index is 6.14. The molecule has 1 unspecified atom stereocenters. The SMILES string of the molecule is C[C@H]1CC(OC(C)(C)C)[C@@](C)(COC(C)(C)C)O1. The summed E-state index contributed by atoms with van der Waals surface area (Å²) in [5.41, 5.74) is -0.647. The Morgan fingerprint density at radius 1 is 1.11 bits per heavy atom. The molecule has 1 fully saturated rings. The van der Waals surface area contributed by atoms with Gasteiger partial charge < -0.3 is 14.2 Å². The molecule has 0 aromatic rings. The molecule has 1 rings (SSSR count). The van der Waals surface area contributed by atoms with E-state index in [1.807, 2.05) is 0 Å². The average molecular weight is 258 g/mol. The molecule has 3 heteroatoms. The van der Waals surface area contributed by atoms with Crippen LogP contribution in [0, 0.1) is 0 Å². The molecule has 0 N–H and O–H groups in total. The van der Waals surface area contributed by atoms with E-state index in [1.54, 1.807) is 0 Å². The van der Waals surface area contributed by atoms with Crippen molar-refractivity contribution >= 4 is 0 Å². The lowest BCUT2D eigenvalue weighted by molar-refractivity contribution is -0.174. The predicted octanol–water partition coefficient (Wildman–Crippen LogP) is 3.55. The second-order valence-electron chi connectivity index (χ2n) is 7.60. The smallest absolute Gasteiger partial charge is 0.115 e. The maximum Gasteiger partial charge on any atom is 0.115 e. The van der Waals surface area contributed by atoms with Crippen LogP contribution in [0.2, 0.25) is 0 Å². The molecule has 3 atom stereocenters. The van der Waals surface area contributed by atoms with Crippen LogP contribution in [0.25, 0.3) is 0 Å². The van der Waals surface area contributed by atoms with E-state index in [1.165, 1.54) is 0 Å². The monoisotopic (exact) mass is 258 g/mol. The van der Waals surface area contributed by atoms with Gasteiger partial charge in [0.25, 0.3) is 0 Å². The fourth-order valence-corrected chi connectivity index (χ4v) is 2.22. The van der Waals surface area contributed by atoms with Crippen molar-refractivity contribution in [3.63, 3.8) is 0 Å². The summed E-state index contributed by atoms with van der Waals surface area (Å²) in [5.74, 6) is 0. The quantitative estimate of drug-likeness (QED) is 0.775. The molecule has 0 spiro atoms. The van der Waals surface area contributed by atoms with E-state index in [9.17, 15) is 0 Å². The lowest BCUT2D eigenvalue weighted by Gasteiger charge is -2.36. The third kappa shape index (κ3) is 4.87. The molecule has 0 amide bonds. The van der Waals surface area contributed by atoms with Crippen molar-refractivity contribution in [2.75, 3.05) is 6.61 Å². The van der Waals surface area contributed by atoms with Gasteiger partial charge in [-0.25, -0.2) is 0 Å². The van der Waals surface area contributed by atoms with Gasteiger partial charge in [-0.3, -0.25) is 0 Å². The van der Waals surface area contributed by atoms with Crippen LogP contribution in [0.5, 0.6) is 0 Å². The fourth-order valence-electron chi connectivity index (χ4n) is 2.22. The molecule has 1 aliphatic heterocycles. The van der Waals surface area contributed by atoms with Gasteiger partial charge in [0.05, 0.1) is 30.0 Å². The number of ether oxygens (including phenoxy) is 3. The third-order valence-electron chi connectivity index (χ3n) is 2.99. The first-order chi connectivity index (χ1) is 7.91. The van der Waals surface area contributed by atoms with Crippen LogP contribution in [0.3, 0.4) is 0 Å². The first-order valence-corrected chi connectivity index (χ1v) is 6.91. The summed E-state index contributed by atoms with van der Waals surface area (Å²) in [6.45, 7) is 17.2. The minimum Gasteiger partial charge on any atom is -0.373 e. The molecule has 1 saturated heterocycles. The van der Waals surface area contributed by atoms with Crippen molar-refractivity contribution in [3.05, 3.63) is 0 Å². The summed E-state index contributed by atoms with van der Waals surface area (Å²) in [7, 11) is 0. The summed E-state index contributed by atoms with van der Waals surface area (Å²) in [6.07, 6.45) is 1.25. The number of hydrogen-bond acceptors (Lipinski definition) is 3. The summed E-state index contributed by atoms with van der Waals surface area (Å²) in [5, 5.41) is 0. The highest BCUT2D eigenvalue weighted by Gasteiger charge is 2.46. The fraction of sp³-hybridized carbons (Fsp3) is 1.00. The molecule has 108 valence electrons. The molecule has 3 nitrogen and oxygen atoms in total. The predicted molar refractivity (Wildman–Crippen MR) is 73.9 cm³/mol. The van der Waals surface area contributed by atoms with E-state index < -0.39 is 0 Å². The van der Waals surface area contributed by atoms with Crippen LogP contribution in [0.15, 0.2) is 0 Å². The minimum absolute atomic E-state index is 0.0925. The van der Waals surface area contributed by atoms with Gasteiger partial charge in [-0.2, -0.15) is 0 Å². The second-order valence-corrected chi connectivity index (χ2v) is 7.60. The average Bonchev–Trinajstić information content (AvgIpc) is 2.35. The van der Waals surface area contributed by atoms with Crippen LogP contribution in [0.1, 0.15) is 61.8 Å². The molecular formula is C15H30O3. The highest BCUT2D eigenvalue weighted by atomic mass is 16.6. The lowest BCUT2D eigenvalue weighted by Crippen LogP contribution is -2.47. The first kappa shape index (κ1) is 15.9. The number of hydrogen-bond donors (Lipinski definition) is 0. The van der Waals surface area contributed by atoms with Gasteiger partial charge in [-0.1, -0.05) is 0 Å². The first-order valence-electron chi connectivity index (χ1n) is 6.91. The largest absolute Gasteiger partial charge is 0.373 e. The Hall–Kier alpha value is -0.120. The lowest BCUT2D eigenvalue weighted by atomic mass is 9.98. The van der Waals surface area contributed by atoms with Gasteiger partial charge in [0.15, 0.2) is 0 Å². The van der Waals surface area contributed by atoms with E-state index in [-0.39, 0.29) is 29.0 Å². The van der Waals surface area contributed by atoms with Crippen LogP contribution >= 0.6 is 0 Å². The van der Waals surface area contributed by atoms with Crippen molar-refractivity contribution in [1.29, 1.82) is 0 Å². The Balaban J connectivity index is 2.70. The van der Waals surface area contributed by atoms with Crippen LogP contribution in [-0.4, -0.2) is 35.6 Å². The molecule has 0 aromatic heterocycles. The summed E-state index contributed by atoms with van der Waals surface area (Å²) >= 11 is 0. The zero-order valence-electron chi connectivity index (χ0n) is 13.3. The zero-order chi connectivity index (χ0) is 14.2. The number of rotatable bonds is 3. The zero-order valence-corrected chi connectivity index (χ0v) is 13.3. The van der Waals surface area contributed by atoms with E-state index in [4.69, 9.17) is 14.2 Å². The van der Waals surface area contributed by atoms with Gasteiger partial charge >= 0.3 is 0 Å². The van der Waals surface area contributed by atoms with Crippen molar-refractivity contribution in [2.24, 2.45) is 0 Å². The van der Waals surface area contributed by atoms with Crippen molar-refractivity contribution in [2.45, 2.75) is 90.8 Å². The Labute approximate surface area is 112 Å². The molecular weight excluding hydrogens is 228 g/mol. The summed E-state index contributed by atoms with van der Waals surface area (Å²) < 4.78 is 18.1. The van der Waals surface area contributed by atoms with Crippen LogP contribution in [-0.2, 0) is 14.2 Å². The van der Waals surface area contributed by atoms with Crippen LogP contribution in [0.4, 0.5) is 0 Å². The Morgan fingerprint density at radius 2 is 1.67 bits per heavy atom. The van der Waals surface area contributed by atoms with E-state index in [2.05, 4.69) is 55.4 Å². The van der Waals surface area contributed by atoms with E-state index in [0.29, 0.717) is 6.61 Å². The molecule has 1 heterocycles. The van der Waals surface area contributed by atoms with Crippen molar-refractivity contribution in [1.82, 2.24) is 0 Å². The Bertz CT molecular complexity index is 274. The van der Waals surface area contributed by atoms with Gasteiger partial charge in [0, 0.05) is 6.42 Å². The Kier molecular flexibility index (Phi) is 4.52. The summed E-state index contributed by atoms with van der Waals surface area (Å²) in [6, 6.07) is 0. The van der Waals surface area contributed by atoms with Crippen LogP contribution < -0.4 is 0 Å². The molecule has 0 aromatic carbocycles. The van der Waals surface area contributed by atoms with E-state index >= 15 is 0 Å². The van der Waals surface area contributed by atoms with E-state index in [0.717, 1.165) is 6.42 Å². The molecule has 1 aliphatic rings. The van der Waals surface area contributed by atoms with Gasteiger partial charge in [0.1, 0.15) is 5.60 Å². The molecule has 0 aliphatic carbocycles. The standard InChI is InChI=1S/C15H30O3/c1-11-9-12(18-14(5,6)7)15(8,17-11)10-16-13(2,3)4/h11-12H,9-10H2,1-8H3/t11-,12?,15+/m0/s1. The highest BCUT2D eigenvalue weighted by molar-refractivity contribution is 4.94. The molecule has 18 heavy (non-hydrogen) atoms. The summed E-state index contributed by atoms with van der Waals surface area (Å²) in [4.78, 5) is 0. The second kappa shape index (κ2) is 5.10. The normalized spacial score (nSPS) is 34.0. The third-order valence-corrected chi connectivity index (χ3v) is 2.99. The van der Waals surface area contributed by atoms with Gasteiger partial charge in [-0.05, 0) is 55.4 Å². The minimum atomic E-state index is -0.347. The molecule has 0 saturated carbocycles. The molecule has 0 radical (unpaired) electrons. The highest BCUT2D eigenvalue weighted by Crippen LogP contribution is 2.36. The maximum absolute atomic E-state index is 6.14.